The molecule has 3 heteroatoms. The van der Waals surface area contributed by atoms with Gasteiger partial charge in [0.1, 0.15) is 0 Å². The van der Waals surface area contributed by atoms with E-state index < -0.39 is 0 Å². The summed E-state index contributed by atoms with van der Waals surface area (Å²) in [6, 6.07) is 8.88. The first-order valence-electron chi connectivity index (χ1n) is 8.90. The fraction of sp³-hybridized carbons (Fsp3) is 0.684. The second kappa shape index (κ2) is 9.16. The highest BCUT2D eigenvalue weighted by molar-refractivity contribution is 5.48. The van der Waals surface area contributed by atoms with Crippen molar-refractivity contribution in [2.24, 2.45) is 5.92 Å². The molecule has 1 heterocycles. The maximum atomic E-state index is 3.53. The van der Waals surface area contributed by atoms with Crippen molar-refractivity contribution in [1.82, 2.24) is 10.2 Å². The van der Waals surface area contributed by atoms with Crippen LogP contribution >= 0.6 is 0 Å². The normalized spacial score (nSPS) is 16.5. The van der Waals surface area contributed by atoms with Crippen LogP contribution in [-0.4, -0.2) is 50.7 Å². The van der Waals surface area contributed by atoms with Gasteiger partial charge >= 0.3 is 0 Å². The van der Waals surface area contributed by atoms with Gasteiger partial charge in [-0.3, -0.25) is 4.90 Å². The van der Waals surface area contributed by atoms with Crippen LogP contribution in [0.1, 0.15) is 32.3 Å². The molecule has 0 aromatic heterocycles. The molecule has 0 atom stereocenters. The summed E-state index contributed by atoms with van der Waals surface area (Å²) in [4.78, 5) is 5.14. The summed E-state index contributed by atoms with van der Waals surface area (Å²) in [6.45, 7) is 15.0. The minimum atomic E-state index is 0.759. The summed E-state index contributed by atoms with van der Waals surface area (Å²) < 4.78 is 0. The van der Waals surface area contributed by atoms with Crippen LogP contribution in [0.15, 0.2) is 24.3 Å². The third kappa shape index (κ3) is 5.98. The first-order valence-corrected chi connectivity index (χ1v) is 8.90. The van der Waals surface area contributed by atoms with Crippen molar-refractivity contribution in [3.8, 4) is 0 Å². The summed E-state index contributed by atoms with van der Waals surface area (Å²) >= 11 is 0. The molecule has 3 nitrogen and oxygen atoms in total. The molecule has 0 aliphatic carbocycles. The Morgan fingerprint density at radius 3 is 2.55 bits per heavy atom. The first-order chi connectivity index (χ1) is 10.6. The standard InChI is InChI=1S/C19H33N3/c1-17(2)16-20-9-4-5-10-21-11-13-22(14-12-21)19-8-6-7-18(3)15-19/h6-8,15,17,20H,4-5,9-14,16H2,1-3H3. The van der Waals surface area contributed by atoms with Gasteiger partial charge in [-0.05, 0) is 63.0 Å². The van der Waals surface area contributed by atoms with Crippen molar-refractivity contribution in [3.05, 3.63) is 29.8 Å². The molecule has 124 valence electrons. The quantitative estimate of drug-likeness (QED) is 0.744. The molecule has 1 saturated heterocycles. The maximum absolute atomic E-state index is 3.53. The number of nitrogens with zero attached hydrogens (tertiary/aromatic N) is 2. The molecule has 0 amide bonds. The number of aryl methyl sites for hydroxylation is 1. The van der Waals surface area contributed by atoms with E-state index in [0.717, 1.165) is 25.6 Å². The first kappa shape index (κ1) is 17.3. The Hall–Kier alpha value is -1.06. The van der Waals surface area contributed by atoms with E-state index in [9.17, 15) is 0 Å². The smallest absolute Gasteiger partial charge is 0.0369 e. The third-order valence-electron chi connectivity index (χ3n) is 4.37. The molecule has 2 rings (SSSR count). The highest BCUT2D eigenvalue weighted by Crippen LogP contribution is 2.17. The van der Waals surface area contributed by atoms with Gasteiger partial charge in [-0.2, -0.15) is 0 Å². The van der Waals surface area contributed by atoms with Crippen LogP contribution in [0.4, 0.5) is 5.69 Å². The summed E-state index contributed by atoms with van der Waals surface area (Å²) in [5.41, 5.74) is 2.74. The Labute approximate surface area is 136 Å². The van der Waals surface area contributed by atoms with Crippen molar-refractivity contribution in [2.75, 3.05) is 50.7 Å². The Morgan fingerprint density at radius 2 is 1.86 bits per heavy atom. The molecule has 1 aliphatic rings. The van der Waals surface area contributed by atoms with Gasteiger partial charge in [-0.1, -0.05) is 26.0 Å². The molecule has 1 aromatic rings. The van der Waals surface area contributed by atoms with Crippen LogP contribution < -0.4 is 10.2 Å². The molecule has 0 radical (unpaired) electrons. The minimum Gasteiger partial charge on any atom is -0.369 e. The van der Waals surface area contributed by atoms with E-state index in [1.165, 1.54) is 50.3 Å². The van der Waals surface area contributed by atoms with E-state index in [-0.39, 0.29) is 0 Å². The zero-order chi connectivity index (χ0) is 15.8. The van der Waals surface area contributed by atoms with Gasteiger partial charge < -0.3 is 10.2 Å². The zero-order valence-electron chi connectivity index (χ0n) is 14.6. The third-order valence-corrected chi connectivity index (χ3v) is 4.37. The van der Waals surface area contributed by atoms with Crippen LogP contribution in [-0.2, 0) is 0 Å². The van der Waals surface area contributed by atoms with Gasteiger partial charge in [0.15, 0.2) is 0 Å². The van der Waals surface area contributed by atoms with Crippen molar-refractivity contribution in [1.29, 1.82) is 0 Å². The highest BCUT2D eigenvalue weighted by Gasteiger charge is 2.16. The average molecular weight is 303 g/mol. The van der Waals surface area contributed by atoms with Gasteiger partial charge in [0, 0.05) is 31.9 Å². The molecule has 1 aliphatic heterocycles. The lowest BCUT2D eigenvalue weighted by Gasteiger charge is -2.36. The zero-order valence-corrected chi connectivity index (χ0v) is 14.6. The Bertz CT molecular complexity index is 422. The lowest BCUT2D eigenvalue weighted by Crippen LogP contribution is -2.46. The van der Waals surface area contributed by atoms with E-state index in [0.29, 0.717) is 0 Å². The molecule has 1 N–H and O–H groups in total. The highest BCUT2D eigenvalue weighted by atomic mass is 15.3. The summed E-state index contributed by atoms with van der Waals surface area (Å²) in [5.74, 6) is 0.759. The van der Waals surface area contributed by atoms with E-state index >= 15 is 0 Å². The van der Waals surface area contributed by atoms with Gasteiger partial charge in [-0.25, -0.2) is 0 Å². The van der Waals surface area contributed by atoms with Crippen molar-refractivity contribution >= 4 is 5.69 Å². The van der Waals surface area contributed by atoms with E-state index in [2.05, 4.69) is 60.2 Å². The number of rotatable bonds is 8. The largest absolute Gasteiger partial charge is 0.369 e. The number of hydrogen-bond acceptors (Lipinski definition) is 3. The number of nitrogens with one attached hydrogen (secondary N) is 1. The van der Waals surface area contributed by atoms with E-state index in [4.69, 9.17) is 0 Å². The van der Waals surface area contributed by atoms with Gasteiger partial charge in [0.05, 0.1) is 0 Å². The lowest BCUT2D eigenvalue weighted by molar-refractivity contribution is 0.252. The van der Waals surface area contributed by atoms with Crippen molar-refractivity contribution < 1.29 is 0 Å². The van der Waals surface area contributed by atoms with Gasteiger partial charge in [0.2, 0.25) is 0 Å². The topological polar surface area (TPSA) is 18.5 Å². The van der Waals surface area contributed by atoms with Crippen LogP contribution in [0.2, 0.25) is 0 Å². The molecular weight excluding hydrogens is 270 g/mol. The van der Waals surface area contributed by atoms with Gasteiger partial charge in [0.25, 0.3) is 0 Å². The number of benzene rings is 1. The number of hydrogen-bond donors (Lipinski definition) is 1. The SMILES string of the molecule is Cc1cccc(N2CCN(CCCCNCC(C)C)CC2)c1. The fourth-order valence-corrected chi connectivity index (χ4v) is 3.03. The Morgan fingerprint density at radius 1 is 1.09 bits per heavy atom. The monoisotopic (exact) mass is 303 g/mol. The Balaban J connectivity index is 1.59. The summed E-state index contributed by atoms with van der Waals surface area (Å²) in [5, 5.41) is 3.53. The van der Waals surface area contributed by atoms with Crippen LogP contribution in [0, 0.1) is 12.8 Å². The Kier molecular flexibility index (Phi) is 7.20. The van der Waals surface area contributed by atoms with E-state index in [1.54, 1.807) is 0 Å². The maximum Gasteiger partial charge on any atom is 0.0369 e. The molecule has 1 fully saturated rings. The number of unbranched alkanes of at least 4 members (excludes halogenated alkanes) is 1. The second-order valence-electron chi connectivity index (χ2n) is 6.97. The van der Waals surface area contributed by atoms with Crippen LogP contribution in [0.25, 0.3) is 0 Å². The predicted octanol–water partition coefficient (Wildman–Crippen LogP) is 3.14. The fourth-order valence-electron chi connectivity index (χ4n) is 3.03. The second-order valence-corrected chi connectivity index (χ2v) is 6.97. The molecule has 0 unspecified atom stereocenters. The number of piperazine rings is 1. The average Bonchev–Trinajstić information content (AvgIpc) is 2.51. The van der Waals surface area contributed by atoms with Crippen molar-refractivity contribution in [3.63, 3.8) is 0 Å². The molecule has 0 bridgehead atoms. The van der Waals surface area contributed by atoms with E-state index in [1.807, 2.05) is 0 Å². The minimum absolute atomic E-state index is 0.759. The molecule has 0 saturated carbocycles. The van der Waals surface area contributed by atoms with Gasteiger partial charge in [-0.15, -0.1) is 0 Å². The summed E-state index contributed by atoms with van der Waals surface area (Å²) in [7, 11) is 0. The lowest BCUT2D eigenvalue weighted by atomic mass is 10.2. The van der Waals surface area contributed by atoms with Crippen molar-refractivity contribution in [2.45, 2.75) is 33.6 Å². The molecule has 1 aromatic carbocycles. The van der Waals surface area contributed by atoms with Crippen LogP contribution in [0.5, 0.6) is 0 Å². The molecule has 22 heavy (non-hydrogen) atoms. The molecular formula is C19H33N3. The predicted molar refractivity (Wildman–Crippen MR) is 96.8 cm³/mol. The molecule has 0 spiro atoms. The summed E-state index contributed by atoms with van der Waals surface area (Å²) in [6.07, 6.45) is 2.61. The van der Waals surface area contributed by atoms with Crippen LogP contribution in [0.3, 0.4) is 0 Å². The number of anilines is 1.